The number of aryl methyl sites for hydroxylation is 3. The number of rotatable bonds is 8. The van der Waals surface area contributed by atoms with E-state index in [2.05, 4.69) is 45.9 Å². The van der Waals surface area contributed by atoms with E-state index in [0.29, 0.717) is 35.0 Å². The monoisotopic (exact) mass is 622 g/mol. The molecule has 1 atom stereocenters. The molecule has 3 nitrogen and oxygen atoms in total. The Bertz CT molecular complexity index is 1430. The molecule has 0 bridgehead atoms. The second kappa shape index (κ2) is 14.4. The van der Waals surface area contributed by atoms with Crippen LogP contribution in [0.15, 0.2) is 36.4 Å². The van der Waals surface area contributed by atoms with Crippen molar-refractivity contribution in [2.75, 3.05) is 0 Å². The molecular weight excluding hydrogens is 564 g/mol. The Hall–Kier alpha value is -2.94. The molecule has 3 fully saturated rings. The van der Waals surface area contributed by atoms with Gasteiger partial charge in [-0.3, -0.25) is 0 Å². The number of phenols is 3. The number of aromatic hydroxyl groups is 3. The number of benzene rings is 3. The molecule has 0 amide bonds. The van der Waals surface area contributed by atoms with Gasteiger partial charge in [-0.05, 0) is 158 Å². The minimum absolute atomic E-state index is 0.132. The summed E-state index contributed by atoms with van der Waals surface area (Å²) in [6.07, 6.45) is 19.2. The van der Waals surface area contributed by atoms with Gasteiger partial charge in [0, 0.05) is 5.92 Å². The molecule has 3 aromatic carbocycles. The smallest absolute Gasteiger partial charge is 0.119 e. The van der Waals surface area contributed by atoms with E-state index in [4.69, 9.17) is 0 Å². The van der Waals surface area contributed by atoms with E-state index in [-0.39, 0.29) is 11.8 Å². The molecule has 0 radical (unpaired) electrons. The van der Waals surface area contributed by atoms with Crippen LogP contribution in [0.5, 0.6) is 17.2 Å². The van der Waals surface area contributed by atoms with Crippen molar-refractivity contribution in [1.29, 1.82) is 0 Å². The average Bonchev–Trinajstić information content (AvgIpc) is 3.05. The van der Waals surface area contributed by atoms with Crippen molar-refractivity contribution >= 4 is 0 Å². The van der Waals surface area contributed by atoms with Gasteiger partial charge in [0.15, 0.2) is 0 Å². The number of phenolic OH excluding ortho intramolecular Hbond substituents is 3. The standard InChI is InChI=1S/C43H58O3/c1-27(34-24-37(41(44)21-28(34)2)31-14-8-5-9-15-31)20-40(35-25-38(42(45)22-29(35)3)32-16-10-6-11-17-32)36-26-39(43(46)23-30(36)4)33-18-12-7-13-19-33/h21-27,31-33,40,44-46H,5-20H2,1-4H3. The third kappa shape index (κ3) is 6.99. The van der Waals surface area contributed by atoms with Crippen molar-refractivity contribution in [3.63, 3.8) is 0 Å². The van der Waals surface area contributed by atoms with Gasteiger partial charge >= 0.3 is 0 Å². The molecule has 0 saturated heterocycles. The highest BCUT2D eigenvalue weighted by Crippen LogP contribution is 2.47. The maximum atomic E-state index is 11.2. The summed E-state index contributed by atoms with van der Waals surface area (Å²) in [5, 5.41) is 33.6. The molecule has 1 unspecified atom stereocenters. The summed E-state index contributed by atoms with van der Waals surface area (Å²) in [6, 6.07) is 13.1. The van der Waals surface area contributed by atoms with Gasteiger partial charge < -0.3 is 15.3 Å². The third-order valence-electron chi connectivity index (χ3n) is 12.3. The maximum absolute atomic E-state index is 11.2. The molecular formula is C43H58O3. The van der Waals surface area contributed by atoms with Gasteiger partial charge in [-0.15, -0.1) is 0 Å². The predicted molar refractivity (Wildman–Crippen MR) is 191 cm³/mol. The van der Waals surface area contributed by atoms with Gasteiger partial charge in [-0.25, -0.2) is 0 Å². The molecule has 248 valence electrons. The second-order valence-corrected chi connectivity index (χ2v) is 15.5. The second-order valence-electron chi connectivity index (χ2n) is 15.5. The highest BCUT2D eigenvalue weighted by Gasteiger charge is 2.29. The average molecular weight is 623 g/mol. The molecule has 0 heterocycles. The summed E-state index contributed by atoms with van der Waals surface area (Å²) >= 11 is 0. The first-order chi connectivity index (χ1) is 22.2. The van der Waals surface area contributed by atoms with Crippen molar-refractivity contribution in [3.05, 3.63) is 86.5 Å². The zero-order valence-electron chi connectivity index (χ0n) is 29.0. The lowest BCUT2D eigenvalue weighted by Gasteiger charge is -2.31. The normalized spacial score (nSPS) is 19.5. The highest BCUT2D eigenvalue weighted by atomic mass is 16.3. The van der Waals surface area contributed by atoms with Gasteiger partial charge in [0.25, 0.3) is 0 Å². The molecule has 6 rings (SSSR count). The van der Waals surface area contributed by atoms with Gasteiger partial charge in [0.05, 0.1) is 0 Å². The predicted octanol–water partition coefficient (Wildman–Crippen LogP) is 12.2. The van der Waals surface area contributed by atoms with E-state index in [0.717, 1.165) is 59.9 Å². The largest absolute Gasteiger partial charge is 0.508 e. The van der Waals surface area contributed by atoms with Crippen molar-refractivity contribution in [1.82, 2.24) is 0 Å². The fraction of sp³-hybridized carbons (Fsp3) is 0.581. The van der Waals surface area contributed by atoms with E-state index < -0.39 is 0 Å². The fourth-order valence-electron chi connectivity index (χ4n) is 9.59. The molecule has 3 aliphatic carbocycles. The van der Waals surface area contributed by atoms with Crippen molar-refractivity contribution in [3.8, 4) is 17.2 Å². The molecule has 3 aromatic rings. The Balaban J connectivity index is 1.44. The van der Waals surface area contributed by atoms with Crippen LogP contribution in [-0.4, -0.2) is 15.3 Å². The molecule has 0 aromatic heterocycles. The van der Waals surface area contributed by atoms with E-state index in [1.807, 2.05) is 18.2 Å². The summed E-state index contributed by atoms with van der Waals surface area (Å²) in [5.74, 6) is 3.07. The Labute approximate surface area is 278 Å². The number of hydrogen-bond donors (Lipinski definition) is 3. The van der Waals surface area contributed by atoms with Gasteiger partial charge in [0.2, 0.25) is 0 Å². The molecule has 3 saturated carbocycles. The molecule has 3 heteroatoms. The summed E-state index contributed by atoms with van der Waals surface area (Å²) in [6.45, 7) is 8.86. The molecule has 3 N–H and O–H groups in total. The Kier molecular flexibility index (Phi) is 10.4. The van der Waals surface area contributed by atoms with E-state index >= 15 is 0 Å². The van der Waals surface area contributed by atoms with Crippen LogP contribution in [0.25, 0.3) is 0 Å². The summed E-state index contributed by atoms with van der Waals surface area (Å²) in [5.41, 5.74) is 10.8. The first-order valence-electron chi connectivity index (χ1n) is 18.7. The summed E-state index contributed by atoms with van der Waals surface area (Å²) in [4.78, 5) is 0. The fourth-order valence-corrected chi connectivity index (χ4v) is 9.59. The topological polar surface area (TPSA) is 60.7 Å². The summed E-state index contributed by atoms with van der Waals surface area (Å²) < 4.78 is 0. The van der Waals surface area contributed by atoms with Crippen molar-refractivity contribution in [2.24, 2.45) is 0 Å². The Morgan fingerprint density at radius 3 is 1.13 bits per heavy atom. The van der Waals surface area contributed by atoms with Crippen LogP contribution in [0, 0.1) is 20.8 Å². The quantitative estimate of drug-likeness (QED) is 0.234. The minimum atomic E-state index is 0.132. The van der Waals surface area contributed by atoms with E-state index in [1.54, 1.807) is 0 Å². The molecule has 3 aliphatic rings. The summed E-state index contributed by atoms with van der Waals surface area (Å²) in [7, 11) is 0. The lowest BCUT2D eigenvalue weighted by Crippen LogP contribution is -2.14. The van der Waals surface area contributed by atoms with Crippen LogP contribution in [0.4, 0.5) is 0 Å². The molecule has 0 aliphatic heterocycles. The van der Waals surface area contributed by atoms with Crippen LogP contribution in [0.1, 0.15) is 189 Å². The van der Waals surface area contributed by atoms with Crippen LogP contribution in [0.3, 0.4) is 0 Å². The molecule has 0 spiro atoms. The van der Waals surface area contributed by atoms with Crippen molar-refractivity contribution < 1.29 is 15.3 Å². The van der Waals surface area contributed by atoms with Crippen LogP contribution in [-0.2, 0) is 0 Å². The first kappa shape index (κ1) is 33.0. The maximum Gasteiger partial charge on any atom is 0.119 e. The zero-order valence-corrected chi connectivity index (χ0v) is 29.0. The van der Waals surface area contributed by atoms with Gasteiger partial charge in [-0.1, -0.05) is 82.9 Å². The Morgan fingerprint density at radius 2 is 0.783 bits per heavy atom. The minimum Gasteiger partial charge on any atom is -0.508 e. The lowest BCUT2D eigenvalue weighted by molar-refractivity contribution is 0.412. The van der Waals surface area contributed by atoms with Crippen molar-refractivity contribution in [2.45, 2.75) is 160 Å². The lowest BCUT2D eigenvalue weighted by atomic mass is 9.74. The third-order valence-corrected chi connectivity index (χ3v) is 12.3. The highest BCUT2D eigenvalue weighted by molar-refractivity contribution is 5.53. The number of hydrogen-bond acceptors (Lipinski definition) is 3. The van der Waals surface area contributed by atoms with Crippen LogP contribution >= 0.6 is 0 Å². The van der Waals surface area contributed by atoms with E-state index in [1.165, 1.54) is 92.9 Å². The van der Waals surface area contributed by atoms with E-state index in [9.17, 15) is 15.3 Å². The van der Waals surface area contributed by atoms with Gasteiger partial charge in [0.1, 0.15) is 17.2 Å². The SMILES string of the molecule is Cc1cc(O)c(C2CCCCC2)cc1C(C)CC(c1cc(C2CCCCC2)c(O)cc1C)c1cc(C2CCCCC2)c(O)cc1C. The van der Waals surface area contributed by atoms with Gasteiger partial charge in [-0.2, -0.15) is 0 Å². The zero-order chi connectivity index (χ0) is 32.4. The van der Waals surface area contributed by atoms with Crippen LogP contribution in [0.2, 0.25) is 0 Å². The molecule has 46 heavy (non-hydrogen) atoms. The first-order valence-corrected chi connectivity index (χ1v) is 18.7. The van der Waals surface area contributed by atoms with Crippen LogP contribution < -0.4 is 0 Å². The Morgan fingerprint density at radius 1 is 0.478 bits per heavy atom.